The fourth-order valence-electron chi connectivity index (χ4n) is 2.19. The monoisotopic (exact) mass is 256 g/mol. The van der Waals surface area contributed by atoms with E-state index in [-0.39, 0.29) is 12.5 Å². The van der Waals surface area contributed by atoms with E-state index in [2.05, 4.69) is 4.90 Å². The van der Waals surface area contributed by atoms with Crippen LogP contribution < -0.4 is 0 Å². The predicted octanol–water partition coefficient (Wildman–Crippen LogP) is 1.75. The molecule has 1 aliphatic rings. The van der Waals surface area contributed by atoms with Gasteiger partial charge in [-0.3, -0.25) is 4.79 Å². The minimum absolute atomic E-state index is 0.0447. The minimum atomic E-state index is 0.0447. The van der Waals surface area contributed by atoms with Gasteiger partial charge in [-0.1, -0.05) is 6.42 Å². The molecule has 0 radical (unpaired) electrons. The summed E-state index contributed by atoms with van der Waals surface area (Å²) in [6, 6.07) is 0. The molecule has 0 aliphatic carbocycles. The third-order valence-electron chi connectivity index (χ3n) is 3.44. The molecule has 1 heterocycles. The number of likely N-dealkylation sites (N-methyl/N-ethyl adjacent to an activating group) is 1. The predicted molar refractivity (Wildman–Crippen MR) is 73.7 cm³/mol. The van der Waals surface area contributed by atoms with Crippen LogP contribution >= 0.6 is 0 Å². The SMILES string of the molecule is CN(C)C(=O)COCCCCCN1CCCCC1. The second-order valence-electron chi connectivity index (χ2n) is 5.30. The Hall–Kier alpha value is -0.610. The zero-order valence-electron chi connectivity index (χ0n) is 12.0. The summed E-state index contributed by atoms with van der Waals surface area (Å²) in [5.74, 6) is 0.0447. The molecule has 0 N–H and O–H groups in total. The van der Waals surface area contributed by atoms with Crippen molar-refractivity contribution in [3.05, 3.63) is 0 Å². The molecule has 0 bridgehead atoms. The standard InChI is InChI=1S/C14H28N2O2/c1-15(2)14(17)13-18-12-8-4-7-11-16-9-5-3-6-10-16/h3-13H2,1-2H3. The number of hydrogen-bond acceptors (Lipinski definition) is 3. The number of likely N-dealkylation sites (tertiary alicyclic amines) is 1. The maximum absolute atomic E-state index is 11.2. The van der Waals surface area contributed by atoms with Gasteiger partial charge in [0.25, 0.3) is 0 Å². The number of ether oxygens (including phenoxy) is 1. The van der Waals surface area contributed by atoms with Crippen molar-refractivity contribution in [2.45, 2.75) is 38.5 Å². The number of carbonyl (C=O) groups excluding carboxylic acids is 1. The molecule has 1 amide bonds. The molecule has 0 spiro atoms. The van der Waals surface area contributed by atoms with Crippen molar-refractivity contribution >= 4 is 5.91 Å². The largest absolute Gasteiger partial charge is 0.372 e. The maximum Gasteiger partial charge on any atom is 0.248 e. The van der Waals surface area contributed by atoms with Crippen LogP contribution in [0, 0.1) is 0 Å². The lowest BCUT2D eigenvalue weighted by Gasteiger charge is -2.26. The van der Waals surface area contributed by atoms with Gasteiger partial charge in [-0.15, -0.1) is 0 Å². The molecule has 1 rings (SSSR count). The Bertz CT molecular complexity index is 226. The summed E-state index contributed by atoms with van der Waals surface area (Å²) in [4.78, 5) is 15.4. The zero-order chi connectivity index (χ0) is 13.2. The topological polar surface area (TPSA) is 32.8 Å². The maximum atomic E-state index is 11.2. The fraction of sp³-hybridized carbons (Fsp3) is 0.929. The highest BCUT2D eigenvalue weighted by molar-refractivity contribution is 5.76. The molecule has 1 saturated heterocycles. The van der Waals surface area contributed by atoms with Crippen molar-refractivity contribution in [3.63, 3.8) is 0 Å². The zero-order valence-corrected chi connectivity index (χ0v) is 12.0. The van der Waals surface area contributed by atoms with Gasteiger partial charge in [-0.2, -0.15) is 0 Å². The van der Waals surface area contributed by atoms with Crippen LogP contribution in [0.3, 0.4) is 0 Å². The number of carbonyl (C=O) groups is 1. The first-order valence-electron chi connectivity index (χ1n) is 7.20. The molecule has 0 aromatic rings. The number of piperidine rings is 1. The molecule has 0 unspecified atom stereocenters. The van der Waals surface area contributed by atoms with Crippen molar-refractivity contribution in [3.8, 4) is 0 Å². The second-order valence-corrected chi connectivity index (χ2v) is 5.30. The van der Waals surface area contributed by atoms with Gasteiger partial charge in [0.1, 0.15) is 6.61 Å². The van der Waals surface area contributed by atoms with Gasteiger partial charge >= 0.3 is 0 Å². The highest BCUT2D eigenvalue weighted by atomic mass is 16.5. The van der Waals surface area contributed by atoms with Crippen molar-refractivity contribution in [2.24, 2.45) is 0 Å². The molecule has 4 nitrogen and oxygen atoms in total. The van der Waals surface area contributed by atoms with Crippen LogP contribution in [-0.2, 0) is 9.53 Å². The van der Waals surface area contributed by atoms with E-state index in [0.29, 0.717) is 6.61 Å². The smallest absolute Gasteiger partial charge is 0.248 e. The molecule has 0 aromatic carbocycles. The molecule has 1 fully saturated rings. The minimum Gasteiger partial charge on any atom is -0.372 e. The molecular weight excluding hydrogens is 228 g/mol. The highest BCUT2D eigenvalue weighted by Crippen LogP contribution is 2.09. The first-order chi connectivity index (χ1) is 8.70. The van der Waals surface area contributed by atoms with Crippen LogP contribution in [-0.4, -0.2) is 62.7 Å². The molecule has 0 saturated carbocycles. The fourth-order valence-corrected chi connectivity index (χ4v) is 2.19. The van der Waals surface area contributed by atoms with Crippen molar-refractivity contribution in [1.29, 1.82) is 0 Å². The van der Waals surface area contributed by atoms with Gasteiger partial charge in [0.2, 0.25) is 5.91 Å². The number of hydrogen-bond donors (Lipinski definition) is 0. The number of nitrogens with zero attached hydrogens (tertiary/aromatic N) is 2. The van der Waals surface area contributed by atoms with Gasteiger partial charge in [-0.25, -0.2) is 0 Å². The lowest BCUT2D eigenvalue weighted by atomic mass is 10.1. The summed E-state index contributed by atoms with van der Waals surface area (Å²) >= 11 is 0. The molecule has 18 heavy (non-hydrogen) atoms. The summed E-state index contributed by atoms with van der Waals surface area (Å²) in [7, 11) is 3.51. The van der Waals surface area contributed by atoms with Crippen LogP contribution in [0.5, 0.6) is 0 Å². The van der Waals surface area contributed by atoms with Crippen LogP contribution in [0.4, 0.5) is 0 Å². The van der Waals surface area contributed by atoms with Gasteiger partial charge < -0.3 is 14.5 Å². The summed E-state index contributed by atoms with van der Waals surface area (Å²) in [5, 5.41) is 0. The number of amides is 1. The molecule has 0 aromatic heterocycles. The van der Waals surface area contributed by atoms with Crippen LogP contribution in [0.2, 0.25) is 0 Å². The van der Waals surface area contributed by atoms with Gasteiger partial charge in [-0.05, 0) is 51.7 Å². The molecular formula is C14H28N2O2. The lowest BCUT2D eigenvalue weighted by Crippen LogP contribution is -2.30. The first-order valence-corrected chi connectivity index (χ1v) is 7.20. The van der Waals surface area contributed by atoms with Crippen molar-refractivity contribution in [1.82, 2.24) is 9.80 Å². The quantitative estimate of drug-likeness (QED) is 0.620. The normalized spacial score (nSPS) is 16.8. The van der Waals surface area contributed by atoms with Crippen LogP contribution in [0.1, 0.15) is 38.5 Å². The summed E-state index contributed by atoms with van der Waals surface area (Å²) in [6.07, 6.45) is 7.67. The van der Waals surface area contributed by atoms with Crippen LogP contribution in [0.15, 0.2) is 0 Å². The number of rotatable bonds is 8. The van der Waals surface area contributed by atoms with E-state index in [1.807, 2.05) is 0 Å². The summed E-state index contributed by atoms with van der Waals surface area (Å²) < 4.78 is 5.34. The van der Waals surface area contributed by atoms with E-state index in [4.69, 9.17) is 4.74 Å². The highest BCUT2D eigenvalue weighted by Gasteiger charge is 2.08. The number of unbranched alkanes of at least 4 members (excludes halogenated alkanes) is 2. The van der Waals surface area contributed by atoms with E-state index in [1.54, 1.807) is 19.0 Å². The van der Waals surface area contributed by atoms with E-state index < -0.39 is 0 Å². The molecule has 0 atom stereocenters. The Labute approximate surface area is 111 Å². The van der Waals surface area contributed by atoms with E-state index in [9.17, 15) is 4.79 Å². The van der Waals surface area contributed by atoms with E-state index in [0.717, 1.165) is 6.42 Å². The first kappa shape index (κ1) is 15.4. The second kappa shape index (κ2) is 9.34. The Morgan fingerprint density at radius 2 is 1.83 bits per heavy atom. The Morgan fingerprint density at radius 1 is 1.11 bits per heavy atom. The Morgan fingerprint density at radius 3 is 2.50 bits per heavy atom. The molecule has 4 heteroatoms. The Balaban J connectivity index is 1.85. The third kappa shape index (κ3) is 6.97. The van der Waals surface area contributed by atoms with Gasteiger partial charge in [0, 0.05) is 20.7 Å². The Kier molecular flexibility index (Phi) is 8.01. The molecule has 1 aliphatic heterocycles. The average Bonchev–Trinajstić information content (AvgIpc) is 2.38. The van der Waals surface area contributed by atoms with Gasteiger partial charge in [0.15, 0.2) is 0 Å². The van der Waals surface area contributed by atoms with Gasteiger partial charge in [0.05, 0.1) is 0 Å². The average molecular weight is 256 g/mol. The lowest BCUT2D eigenvalue weighted by molar-refractivity contribution is -0.133. The van der Waals surface area contributed by atoms with Crippen LogP contribution in [0.25, 0.3) is 0 Å². The molecule has 106 valence electrons. The third-order valence-corrected chi connectivity index (χ3v) is 3.44. The van der Waals surface area contributed by atoms with E-state index in [1.165, 1.54) is 51.7 Å². The summed E-state index contributed by atoms with van der Waals surface area (Å²) in [5.41, 5.74) is 0. The van der Waals surface area contributed by atoms with E-state index >= 15 is 0 Å². The van der Waals surface area contributed by atoms with Crippen molar-refractivity contribution < 1.29 is 9.53 Å². The summed E-state index contributed by atoms with van der Waals surface area (Å²) in [6.45, 7) is 4.73. The van der Waals surface area contributed by atoms with Crippen molar-refractivity contribution in [2.75, 3.05) is 46.9 Å².